The second-order valence-electron chi connectivity index (χ2n) is 6.17. The van der Waals surface area contributed by atoms with Crippen LogP contribution in [-0.4, -0.2) is 18.2 Å². The predicted molar refractivity (Wildman–Crippen MR) is 81.0 cm³/mol. The van der Waals surface area contributed by atoms with E-state index in [4.69, 9.17) is 4.74 Å². The number of hydrogen-bond acceptors (Lipinski definition) is 3. The van der Waals surface area contributed by atoms with Crippen molar-refractivity contribution >= 4 is 11.8 Å². The fourth-order valence-corrected chi connectivity index (χ4v) is 2.51. The summed E-state index contributed by atoms with van der Waals surface area (Å²) < 4.78 is 5.34. The van der Waals surface area contributed by atoms with E-state index < -0.39 is 5.60 Å². The van der Waals surface area contributed by atoms with Gasteiger partial charge in [0.15, 0.2) is 0 Å². The van der Waals surface area contributed by atoms with Crippen LogP contribution >= 0.6 is 0 Å². The Morgan fingerprint density at radius 3 is 2.85 bits per heavy atom. The zero-order chi connectivity index (χ0) is 14.8. The third-order valence-electron chi connectivity index (χ3n) is 3.35. The van der Waals surface area contributed by atoms with Crippen molar-refractivity contribution in [3.05, 3.63) is 29.3 Å². The first-order chi connectivity index (χ1) is 9.40. The van der Waals surface area contributed by atoms with E-state index in [1.54, 1.807) is 0 Å². The lowest BCUT2D eigenvalue weighted by Crippen LogP contribution is -2.35. The quantitative estimate of drug-likeness (QED) is 0.886. The van der Waals surface area contributed by atoms with Crippen LogP contribution in [0.5, 0.6) is 0 Å². The highest BCUT2D eigenvalue weighted by molar-refractivity contribution is 5.70. The van der Waals surface area contributed by atoms with Crippen LogP contribution in [0.15, 0.2) is 18.2 Å². The maximum Gasteiger partial charge on any atom is 0.408 e. The zero-order valence-electron chi connectivity index (χ0n) is 12.7. The Balaban J connectivity index is 2.13. The van der Waals surface area contributed by atoms with Gasteiger partial charge in [-0.3, -0.25) is 0 Å². The first kappa shape index (κ1) is 14.7. The van der Waals surface area contributed by atoms with Crippen LogP contribution < -0.4 is 10.6 Å². The summed E-state index contributed by atoms with van der Waals surface area (Å²) >= 11 is 0. The van der Waals surface area contributed by atoms with Gasteiger partial charge in [0, 0.05) is 12.2 Å². The molecule has 4 heteroatoms. The standard InChI is InChI=1S/C16H24N2O2/c1-5-13(18-15(19)20-16(2,3)4)12-8-6-7-11-9-10-17-14(11)12/h6-8,13,17H,5,9-10H2,1-4H3,(H,18,19). The van der Waals surface area contributed by atoms with Crippen LogP contribution in [0, 0.1) is 0 Å². The number of rotatable bonds is 3. The van der Waals surface area contributed by atoms with Crippen LogP contribution in [0.4, 0.5) is 10.5 Å². The van der Waals surface area contributed by atoms with Gasteiger partial charge in [-0.05, 0) is 44.7 Å². The largest absolute Gasteiger partial charge is 0.444 e. The average molecular weight is 276 g/mol. The second kappa shape index (κ2) is 5.73. The number of fused-ring (bicyclic) bond motifs is 1. The lowest BCUT2D eigenvalue weighted by Gasteiger charge is -2.24. The molecule has 1 amide bonds. The Labute approximate surface area is 120 Å². The molecule has 1 aliphatic heterocycles. The van der Waals surface area contributed by atoms with E-state index in [0.29, 0.717) is 0 Å². The topological polar surface area (TPSA) is 50.4 Å². The number of carbonyl (C=O) groups excluding carboxylic acids is 1. The molecule has 0 radical (unpaired) electrons. The molecule has 0 saturated carbocycles. The van der Waals surface area contributed by atoms with Gasteiger partial charge in [0.2, 0.25) is 0 Å². The summed E-state index contributed by atoms with van der Waals surface area (Å²) in [5.41, 5.74) is 3.18. The van der Waals surface area contributed by atoms with Gasteiger partial charge in [-0.1, -0.05) is 25.1 Å². The van der Waals surface area contributed by atoms with Crippen molar-refractivity contribution in [3.8, 4) is 0 Å². The fraction of sp³-hybridized carbons (Fsp3) is 0.562. The molecule has 0 spiro atoms. The van der Waals surface area contributed by atoms with Gasteiger partial charge in [0.05, 0.1) is 6.04 Å². The highest BCUT2D eigenvalue weighted by Gasteiger charge is 2.23. The Kier molecular flexibility index (Phi) is 4.21. The number of anilines is 1. The molecule has 110 valence electrons. The number of hydrogen-bond donors (Lipinski definition) is 2. The highest BCUT2D eigenvalue weighted by atomic mass is 16.6. The monoisotopic (exact) mass is 276 g/mol. The van der Waals surface area contributed by atoms with Gasteiger partial charge in [-0.15, -0.1) is 0 Å². The molecule has 1 unspecified atom stereocenters. The molecule has 0 aromatic heterocycles. The lowest BCUT2D eigenvalue weighted by atomic mass is 9.99. The Bertz CT molecular complexity index is 492. The third kappa shape index (κ3) is 3.44. The summed E-state index contributed by atoms with van der Waals surface area (Å²) in [4.78, 5) is 11.9. The number of alkyl carbamates (subject to hydrolysis) is 1. The second-order valence-corrected chi connectivity index (χ2v) is 6.17. The van der Waals surface area contributed by atoms with E-state index in [1.807, 2.05) is 20.8 Å². The molecule has 20 heavy (non-hydrogen) atoms. The highest BCUT2D eigenvalue weighted by Crippen LogP contribution is 2.32. The average Bonchev–Trinajstić information content (AvgIpc) is 2.81. The molecular formula is C16H24N2O2. The summed E-state index contributed by atoms with van der Waals surface area (Å²) in [6.45, 7) is 8.64. The number of ether oxygens (including phenoxy) is 1. The smallest absolute Gasteiger partial charge is 0.408 e. The molecule has 1 aromatic carbocycles. The summed E-state index contributed by atoms with van der Waals surface area (Å²) in [6.07, 6.45) is 1.52. The van der Waals surface area contributed by atoms with Gasteiger partial charge < -0.3 is 15.4 Å². The van der Waals surface area contributed by atoms with Crippen molar-refractivity contribution in [2.75, 3.05) is 11.9 Å². The number of carbonyl (C=O) groups is 1. The predicted octanol–water partition coefficient (Wildman–Crippen LogP) is 3.63. The van der Waals surface area contributed by atoms with Crippen LogP contribution in [0.25, 0.3) is 0 Å². The van der Waals surface area contributed by atoms with Crippen molar-refractivity contribution in [1.82, 2.24) is 5.32 Å². The third-order valence-corrected chi connectivity index (χ3v) is 3.35. The number of benzene rings is 1. The molecule has 1 heterocycles. The van der Waals surface area contributed by atoms with Crippen molar-refractivity contribution < 1.29 is 9.53 Å². The minimum Gasteiger partial charge on any atom is -0.444 e. The first-order valence-corrected chi connectivity index (χ1v) is 7.26. The molecule has 2 N–H and O–H groups in total. The Morgan fingerprint density at radius 1 is 1.45 bits per heavy atom. The molecule has 1 aliphatic rings. The molecular weight excluding hydrogens is 252 g/mol. The van der Waals surface area contributed by atoms with Crippen LogP contribution in [-0.2, 0) is 11.2 Å². The summed E-state index contributed by atoms with van der Waals surface area (Å²) in [5, 5.41) is 6.38. The number of para-hydroxylation sites is 1. The first-order valence-electron chi connectivity index (χ1n) is 7.26. The summed E-state index contributed by atoms with van der Waals surface area (Å²) in [5.74, 6) is 0. The molecule has 1 atom stereocenters. The van der Waals surface area contributed by atoms with Crippen LogP contribution in [0.1, 0.15) is 51.3 Å². The molecule has 0 saturated heterocycles. The van der Waals surface area contributed by atoms with Crippen molar-refractivity contribution in [2.45, 2.75) is 52.2 Å². The minimum atomic E-state index is -0.473. The van der Waals surface area contributed by atoms with E-state index >= 15 is 0 Å². The zero-order valence-corrected chi connectivity index (χ0v) is 12.7. The van der Waals surface area contributed by atoms with Gasteiger partial charge in [-0.25, -0.2) is 4.79 Å². The molecule has 4 nitrogen and oxygen atoms in total. The Morgan fingerprint density at radius 2 is 2.20 bits per heavy atom. The van der Waals surface area contributed by atoms with Gasteiger partial charge in [0.25, 0.3) is 0 Å². The molecule has 0 fully saturated rings. The van der Waals surface area contributed by atoms with Crippen molar-refractivity contribution in [1.29, 1.82) is 0 Å². The Hall–Kier alpha value is -1.71. The lowest BCUT2D eigenvalue weighted by molar-refractivity contribution is 0.0502. The summed E-state index contributed by atoms with van der Waals surface area (Å²) in [6, 6.07) is 6.24. The van der Waals surface area contributed by atoms with E-state index in [0.717, 1.165) is 24.9 Å². The normalized spacial score (nSPS) is 15.2. The van der Waals surface area contributed by atoms with Crippen molar-refractivity contribution in [3.63, 3.8) is 0 Å². The van der Waals surface area contributed by atoms with Crippen molar-refractivity contribution in [2.24, 2.45) is 0 Å². The SMILES string of the molecule is CCC(NC(=O)OC(C)(C)C)c1cccc2c1NCC2. The summed E-state index contributed by atoms with van der Waals surface area (Å²) in [7, 11) is 0. The van der Waals surface area contributed by atoms with Crippen LogP contribution in [0.2, 0.25) is 0 Å². The maximum absolute atomic E-state index is 11.9. The van der Waals surface area contributed by atoms with E-state index in [2.05, 4.69) is 35.8 Å². The van der Waals surface area contributed by atoms with E-state index in [9.17, 15) is 4.79 Å². The molecule has 2 rings (SSSR count). The van der Waals surface area contributed by atoms with E-state index in [-0.39, 0.29) is 12.1 Å². The van der Waals surface area contributed by atoms with Gasteiger partial charge in [0.1, 0.15) is 5.60 Å². The maximum atomic E-state index is 11.9. The van der Waals surface area contributed by atoms with E-state index in [1.165, 1.54) is 11.3 Å². The number of amides is 1. The van der Waals surface area contributed by atoms with Gasteiger partial charge >= 0.3 is 6.09 Å². The van der Waals surface area contributed by atoms with Gasteiger partial charge in [-0.2, -0.15) is 0 Å². The molecule has 1 aromatic rings. The number of nitrogens with one attached hydrogen (secondary N) is 2. The fourth-order valence-electron chi connectivity index (χ4n) is 2.51. The molecule has 0 aliphatic carbocycles. The minimum absolute atomic E-state index is 0.0228. The molecule has 0 bridgehead atoms. The van der Waals surface area contributed by atoms with Crippen LogP contribution in [0.3, 0.4) is 0 Å².